The van der Waals surface area contributed by atoms with Gasteiger partial charge in [0.1, 0.15) is 0 Å². The first kappa shape index (κ1) is 17.1. The molecule has 1 aromatic rings. The summed E-state index contributed by atoms with van der Waals surface area (Å²) in [7, 11) is 0. The molecular weight excluding hydrogens is 305 g/mol. The minimum Gasteiger partial charge on any atom is -0.374 e. The molecule has 2 nitrogen and oxygen atoms in total. The normalized spacial score (nSPS) is 27.6. The fraction of sp³-hybridized carbons (Fsp3) is 0.647. The van der Waals surface area contributed by atoms with Crippen LogP contribution in [0.5, 0.6) is 0 Å². The monoisotopic (exact) mass is 329 g/mol. The van der Waals surface area contributed by atoms with Crippen LogP contribution >= 0.6 is 23.2 Å². The van der Waals surface area contributed by atoms with Crippen LogP contribution in [-0.4, -0.2) is 18.2 Å². The summed E-state index contributed by atoms with van der Waals surface area (Å²) in [6.45, 7) is 5.02. The van der Waals surface area contributed by atoms with Crippen LogP contribution in [0.25, 0.3) is 0 Å². The van der Waals surface area contributed by atoms with Gasteiger partial charge in [-0.1, -0.05) is 43.0 Å². The second-order valence-electron chi connectivity index (χ2n) is 6.25. The Hall–Kier alpha value is -0.280. The average Bonchev–Trinajstić information content (AvgIpc) is 2.43. The van der Waals surface area contributed by atoms with Gasteiger partial charge in [0.15, 0.2) is 0 Å². The van der Waals surface area contributed by atoms with Gasteiger partial charge in [0, 0.05) is 22.7 Å². The van der Waals surface area contributed by atoms with Crippen molar-refractivity contribution in [1.82, 2.24) is 0 Å². The van der Waals surface area contributed by atoms with Crippen LogP contribution < -0.4 is 5.73 Å². The molecule has 2 N–H and O–H groups in total. The van der Waals surface area contributed by atoms with Crippen LogP contribution in [0.1, 0.15) is 45.1 Å². The molecule has 0 heterocycles. The molecule has 4 heteroatoms. The van der Waals surface area contributed by atoms with E-state index < -0.39 is 0 Å². The van der Waals surface area contributed by atoms with Gasteiger partial charge >= 0.3 is 0 Å². The van der Waals surface area contributed by atoms with Gasteiger partial charge in [0.25, 0.3) is 0 Å². The van der Waals surface area contributed by atoms with Crippen molar-refractivity contribution in [3.05, 3.63) is 33.8 Å². The molecule has 1 aliphatic rings. The summed E-state index contributed by atoms with van der Waals surface area (Å²) < 4.78 is 6.14. The maximum atomic E-state index is 6.56. The highest BCUT2D eigenvalue weighted by Gasteiger charge is 2.41. The van der Waals surface area contributed by atoms with Crippen molar-refractivity contribution in [3.8, 4) is 0 Å². The molecule has 0 aliphatic heterocycles. The van der Waals surface area contributed by atoms with Crippen molar-refractivity contribution in [3.63, 3.8) is 0 Å². The van der Waals surface area contributed by atoms with Crippen molar-refractivity contribution in [1.29, 1.82) is 0 Å². The van der Waals surface area contributed by atoms with Crippen molar-refractivity contribution in [2.45, 2.75) is 57.6 Å². The number of hydrogen-bond donors (Lipinski definition) is 1. The smallest absolute Gasteiger partial charge is 0.0838 e. The van der Waals surface area contributed by atoms with Crippen molar-refractivity contribution in [2.75, 3.05) is 6.61 Å². The standard InChI is InChI=1S/C17H25Cl2NO/c1-3-21-17(8-4-5-12(2)11-17)16(20)10-13-9-14(18)6-7-15(13)19/h6-7,9,12,16H,3-5,8,10-11,20H2,1-2H3. The number of rotatable bonds is 5. The van der Waals surface area contributed by atoms with Gasteiger partial charge in [-0.05, 0) is 55.9 Å². The quantitative estimate of drug-likeness (QED) is 0.838. The minimum atomic E-state index is -0.224. The molecule has 3 unspecified atom stereocenters. The lowest BCUT2D eigenvalue weighted by Crippen LogP contribution is -2.53. The maximum absolute atomic E-state index is 6.56. The molecule has 0 saturated heterocycles. The summed E-state index contributed by atoms with van der Waals surface area (Å²) in [5.41, 5.74) is 7.34. The minimum absolute atomic E-state index is 0.0591. The molecule has 0 spiro atoms. The highest BCUT2D eigenvalue weighted by atomic mass is 35.5. The number of halogens is 2. The Morgan fingerprint density at radius 1 is 1.43 bits per heavy atom. The maximum Gasteiger partial charge on any atom is 0.0838 e. The van der Waals surface area contributed by atoms with E-state index in [0.29, 0.717) is 24.0 Å². The SMILES string of the molecule is CCOC1(C(N)Cc2cc(Cl)ccc2Cl)CCCC(C)C1. The second-order valence-corrected chi connectivity index (χ2v) is 7.09. The number of nitrogens with two attached hydrogens (primary N) is 1. The van der Waals surface area contributed by atoms with E-state index in [4.69, 9.17) is 33.7 Å². The van der Waals surface area contributed by atoms with E-state index in [0.717, 1.165) is 23.4 Å². The van der Waals surface area contributed by atoms with E-state index in [-0.39, 0.29) is 11.6 Å². The van der Waals surface area contributed by atoms with Crippen LogP contribution in [0.2, 0.25) is 10.0 Å². The number of hydrogen-bond acceptors (Lipinski definition) is 2. The van der Waals surface area contributed by atoms with E-state index in [1.54, 1.807) is 6.07 Å². The molecule has 0 amide bonds. The largest absolute Gasteiger partial charge is 0.374 e. The van der Waals surface area contributed by atoms with Crippen LogP contribution in [0.3, 0.4) is 0 Å². The van der Waals surface area contributed by atoms with Gasteiger partial charge in [-0.25, -0.2) is 0 Å². The van der Waals surface area contributed by atoms with Crippen molar-refractivity contribution in [2.24, 2.45) is 11.7 Å². The van der Waals surface area contributed by atoms with Crippen LogP contribution in [0, 0.1) is 5.92 Å². The molecule has 118 valence electrons. The summed E-state index contributed by atoms with van der Waals surface area (Å²) >= 11 is 12.3. The Kier molecular flexibility index (Phi) is 5.96. The molecule has 2 rings (SSSR count). The fourth-order valence-electron chi connectivity index (χ4n) is 3.53. The molecule has 0 aromatic heterocycles. The Bertz CT molecular complexity index is 476. The average molecular weight is 330 g/mol. The molecule has 1 aliphatic carbocycles. The molecule has 1 aromatic carbocycles. The summed E-state index contributed by atoms with van der Waals surface area (Å²) in [5.74, 6) is 0.659. The highest BCUT2D eigenvalue weighted by molar-refractivity contribution is 6.33. The van der Waals surface area contributed by atoms with Gasteiger partial charge in [-0.15, -0.1) is 0 Å². The summed E-state index contributed by atoms with van der Waals surface area (Å²) in [6, 6.07) is 5.49. The lowest BCUT2D eigenvalue weighted by molar-refractivity contribution is -0.0925. The van der Waals surface area contributed by atoms with E-state index in [1.165, 1.54) is 12.8 Å². The van der Waals surface area contributed by atoms with Gasteiger partial charge in [-0.3, -0.25) is 0 Å². The summed E-state index contributed by atoms with van der Waals surface area (Å²) in [4.78, 5) is 0. The molecule has 0 bridgehead atoms. The molecule has 1 fully saturated rings. The molecule has 3 atom stereocenters. The van der Waals surface area contributed by atoms with Gasteiger partial charge in [-0.2, -0.15) is 0 Å². The lowest BCUT2D eigenvalue weighted by atomic mass is 9.73. The second kappa shape index (κ2) is 7.32. The Morgan fingerprint density at radius 2 is 2.19 bits per heavy atom. The van der Waals surface area contributed by atoms with Gasteiger partial charge in [0.05, 0.1) is 5.60 Å². The first-order valence-electron chi connectivity index (χ1n) is 7.80. The van der Waals surface area contributed by atoms with E-state index in [1.807, 2.05) is 19.1 Å². The van der Waals surface area contributed by atoms with Gasteiger partial charge < -0.3 is 10.5 Å². The van der Waals surface area contributed by atoms with Crippen molar-refractivity contribution < 1.29 is 4.74 Å². The summed E-state index contributed by atoms with van der Waals surface area (Å²) in [6.07, 6.45) is 5.20. The Morgan fingerprint density at radius 3 is 2.86 bits per heavy atom. The zero-order valence-corrected chi connectivity index (χ0v) is 14.4. The lowest BCUT2D eigenvalue weighted by Gasteiger charge is -2.44. The first-order valence-corrected chi connectivity index (χ1v) is 8.56. The third kappa shape index (κ3) is 4.13. The molecule has 1 saturated carbocycles. The third-order valence-electron chi connectivity index (χ3n) is 4.55. The fourth-order valence-corrected chi connectivity index (χ4v) is 3.92. The van der Waals surface area contributed by atoms with Crippen LogP contribution in [0.4, 0.5) is 0 Å². The topological polar surface area (TPSA) is 35.2 Å². The number of benzene rings is 1. The summed E-state index contributed by atoms with van der Waals surface area (Å²) in [5, 5.41) is 1.43. The predicted octanol–water partition coefficient (Wildman–Crippen LogP) is 4.85. The Labute approximate surface area is 137 Å². The van der Waals surface area contributed by atoms with Gasteiger partial charge in [0.2, 0.25) is 0 Å². The first-order chi connectivity index (χ1) is 9.97. The number of ether oxygens (including phenoxy) is 1. The zero-order chi connectivity index (χ0) is 15.5. The Balaban J connectivity index is 2.18. The van der Waals surface area contributed by atoms with Crippen molar-refractivity contribution >= 4 is 23.2 Å². The highest BCUT2D eigenvalue weighted by Crippen LogP contribution is 2.38. The molecular formula is C17H25Cl2NO. The van der Waals surface area contributed by atoms with Crippen LogP contribution in [-0.2, 0) is 11.2 Å². The predicted molar refractivity (Wildman–Crippen MR) is 90.1 cm³/mol. The third-order valence-corrected chi connectivity index (χ3v) is 5.15. The molecule has 21 heavy (non-hydrogen) atoms. The molecule has 0 radical (unpaired) electrons. The van der Waals surface area contributed by atoms with E-state index in [2.05, 4.69) is 6.92 Å². The van der Waals surface area contributed by atoms with E-state index >= 15 is 0 Å². The van der Waals surface area contributed by atoms with Crippen LogP contribution in [0.15, 0.2) is 18.2 Å². The zero-order valence-electron chi connectivity index (χ0n) is 12.9. The van der Waals surface area contributed by atoms with E-state index in [9.17, 15) is 0 Å².